The average Bonchev–Trinajstić information content (AvgIpc) is 4.05. The van der Waals surface area contributed by atoms with Crippen molar-refractivity contribution in [1.29, 1.82) is 0 Å². The van der Waals surface area contributed by atoms with E-state index in [0.29, 0.717) is 17.6 Å². The summed E-state index contributed by atoms with van der Waals surface area (Å²) in [5.41, 5.74) is 12.9. The van der Waals surface area contributed by atoms with Crippen LogP contribution in [0.5, 0.6) is 0 Å². The number of hydrogen-bond donors (Lipinski definition) is 0. The molecule has 280 valence electrons. The zero-order valence-corrected chi connectivity index (χ0v) is 32.2. The first kappa shape index (κ1) is 32.8. The standard InChI is InChI=1S/C53H33N7/c1-3-16-34(17-4-1)51-54-52(35-18-5-2-6-19-35)56-53(55-51)60-45-27-12-9-24-40(45)42-31-30-41-39-23-8-11-26-44(39)58(49(41)50(42)60)38-22-15-21-37(33-38)57-46-28-13-14-29-47(46)59-43-25-10-7-20-36(43)32-48(57)59/h1-33H. The number of imidazole rings is 1. The summed E-state index contributed by atoms with van der Waals surface area (Å²) in [6, 6.07) is 70.8. The number of nitrogens with zero attached hydrogens (tertiary/aromatic N) is 7. The normalized spacial score (nSPS) is 12.0. The first-order chi connectivity index (χ1) is 29.8. The number of hydrogen-bond acceptors (Lipinski definition) is 3. The van der Waals surface area contributed by atoms with Crippen LogP contribution in [0.15, 0.2) is 200 Å². The molecule has 5 aromatic heterocycles. The lowest BCUT2D eigenvalue weighted by atomic mass is 10.1. The topological polar surface area (TPSA) is 57.9 Å². The zero-order valence-electron chi connectivity index (χ0n) is 32.2. The predicted octanol–water partition coefficient (Wildman–Crippen LogP) is 12.7. The van der Waals surface area contributed by atoms with Crippen LogP contribution in [-0.4, -0.2) is 33.1 Å². The molecule has 7 heteroatoms. The summed E-state index contributed by atoms with van der Waals surface area (Å²) in [6.45, 7) is 0. The Morgan fingerprint density at radius 3 is 1.47 bits per heavy atom. The van der Waals surface area contributed by atoms with Crippen LogP contribution in [0, 0.1) is 0 Å². The van der Waals surface area contributed by atoms with E-state index in [4.69, 9.17) is 15.0 Å². The van der Waals surface area contributed by atoms with E-state index >= 15 is 0 Å². The van der Waals surface area contributed by atoms with Gasteiger partial charge in [-0.25, -0.2) is 4.98 Å². The van der Waals surface area contributed by atoms with Gasteiger partial charge in [0.2, 0.25) is 5.95 Å². The van der Waals surface area contributed by atoms with Crippen molar-refractivity contribution in [2.24, 2.45) is 0 Å². The summed E-state index contributed by atoms with van der Waals surface area (Å²) in [4.78, 5) is 15.6. The summed E-state index contributed by atoms with van der Waals surface area (Å²) in [5, 5.41) is 5.79. The predicted molar refractivity (Wildman–Crippen MR) is 245 cm³/mol. The molecular formula is C53H33N7. The Hall–Kier alpha value is -8.29. The summed E-state index contributed by atoms with van der Waals surface area (Å²) >= 11 is 0. The minimum Gasteiger partial charge on any atom is -0.307 e. The van der Waals surface area contributed by atoms with Crippen molar-refractivity contribution >= 4 is 71.2 Å². The van der Waals surface area contributed by atoms with Crippen LogP contribution in [0.2, 0.25) is 0 Å². The number of benzene rings is 8. The van der Waals surface area contributed by atoms with Gasteiger partial charge < -0.3 is 4.57 Å². The average molecular weight is 768 g/mol. The molecule has 7 nitrogen and oxygen atoms in total. The van der Waals surface area contributed by atoms with Gasteiger partial charge in [-0.05, 0) is 54.6 Å². The maximum atomic E-state index is 5.28. The van der Waals surface area contributed by atoms with Gasteiger partial charge in [0.05, 0.1) is 38.6 Å². The molecule has 0 spiro atoms. The van der Waals surface area contributed by atoms with Crippen molar-refractivity contribution in [2.45, 2.75) is 0 Å². The molecule has 5 heterocycles. The number of fused-ring (bicyclic) bond motifs is 12. The molecule has 0 atom stereocenters. The van der Waals surface area contributed by atoms with Crippen molar-refractivity contribution in [3.8, 4) is 40.1 Å². The third-order valence-corrected chi connectivity index (χ3v) is 12.0. The lowest BCUT2D eigenvalue weighted by Gasteiger charge is -2.14. The Labute approximate surface area is 343 Å². The van der Waals surface area contributed by atoms with Gasteiger partial charge in [-0.15, -0.1) is 0 Å². The van der Waals surface area contributed by atoms with Gasteiger partial charge in [0.25, 0.3) is 0 Å². The maximum absolute atomic E-state index is 5.28. The highest BCUT2D eigenvalue weighted by Gasteiger charge is 2.24. The molecule has 60 heavy (non-hydrogen) atoms. The molecule has 8 aromatic carbocycles. The molecule has 13 aromatic rings. The number of rotatable bonds is 5. The molecule has 0 aliphatic carbocycles. The number of para-hydroxylation sites is 5. The quantitative estimate of drug-likeness (QED) is 0.175. The fraction of sp³-hybridized carbons (Fsp3) is 0. The highest BCUT2D eigenvalue weighted by atomic mass is 15.2. The maximum Gasteiger partial charge on any atom is 0.238 e. The largest absolute Gasteiger partial charge is 0.307 e. The van der Waals surface area contributed by atoms with Crippen molar-refractivity contribution in [1.82, 2.24) is 33.1 Å². The van der Waals surface area contributed by atoms with Crippen LogP contribution in [0.3, 0.4) is 0 Å². The van der Waals surface area contributed by atoms with Gasteiger partial charge >= 0.3 is 0 Å². The van der Waals surface area contributed by atoms with Crippen LogP contribution in [0.25, 0.3) is 111 Å². The van der Waals surface area contributed by atoms with Crippen LogP contribution >= 0.6 is 0 Å². The molecule has 0 saturated heterocycles. The minimum absolute atomic E-state index is 0.563. The Morgan fingerprint density at radius 1 is 0.317 bits per heavy atom. The second kappa shape index (κ2) is 12.6. The minimum atomic E-state index is 0.563. The summed E-state index contributed by atoms with van der Waals surface area (Å²) in [7, 11) is 0. The zero-order chi connectivity index (χ0) is 39.3. The first-order valence-electron chi connectivity index (χ1n) is 20.2. The van der Waals surface area contributed by atoms with Gasteiger partial charge in [-0.1, -0.05) is 146 Å². The van der Waals surface area contributed by atoms with E-state index in [2.05, 4.69) is 182 Å². The molecular weight excluding hydrogens is 735 g/mol. The van der Waals surface area contributed by atoms with Crippen molar-refractivity contribution in [3.05, 3.63) is 200 Å². The first-order valence-corrected chi connectivity index (χ1v) is 20.2. The van der Waals surface area contributed by atoms with Crippen molar-refractivity contribution in [3.63, 3.8) is 0 Å². The molecule has 0 N–H and O–H groups in total. The van der Waals surface area contributed by atoms with Crippen LogP contribution in [-0.2, 0) is 0 Å². The van der Waals surface area contributed by atoms with Gasteiger partial charge in [0, 0.05) is 49.4 Å². The van der Waals surface area contributed by atoms with E-state index in [-0.39, 0.29) is 0 Å². The van der Waals surface area contributed by atoms with Crippen molar-refractivity contribution < 1.29 is 0 Å². The smallest absolute Gasteiger partial charge is 0.238 e. The van der Waals surface area contributed by atoms with Crippen LogP contribution < -0.4 is 0 Å². The molecule has 0 amide bonds. The molecule has 13 rings (SSSR count). The monoisotopic (exact) mass is 767 g/mol. The van der Waals surface area contributed by atoms with E-state index < -0.39 is 0 Å². The molecule has 0 saturated carbocycles. The second-order valence-corrected chi connectivity index (χ2v) is 15.3. The highest BCUT2D eigenvalue weighted by Crippen LogP contribution is 2.42. The second-order valence-electron chi connectivity index (χ2n) is 15.3. The number of aromatic nitrogens is 7. The molecule has 0 radical (unpaired) electrons. The molecule has 0 fully saturated rings. The van der Waals surface area contributed by atoms with E-state index in [1.165, 1.54) is 21.8 Å². The summed E-state index contributed by atoms with van der Waals surface area (Å²) in [5.74, 6) is 1.80. The summed E-state index contributed by atoms with van der Waals surface area (Å²) < 4.78 is 9.45. The summed E-state index contributed by atoms with van der Waals surface area (Å²) in [6.07, 6.45) is 0. The highest BCUT2D eigenvalue weighted by molar-refractivity contribution is 6.23. The van der Waals surface area contributed by atoms with Crippen LogP contribution in [0.4, 0.5) is 0 Å². The van der Waals surface area contributed by atoms with Crippen LogP contribution in [0.1, 0.15) is 0 Å². The Morgan fingerprint density at radius 2 is 0.817 bits per heavy atom. The lowest BCUT2D eigenvalue weighted by Crippen LogP contribution is -2.07. The van der Waals surface area contributed by atoms with Gasteiger partial charge in [-0.3, -0.25) is 13.5 Å². The van der Waals surface area contributed by atoms with Crippen molar-refractivity contribution in [2.75, 3.05) is 0 Å². The van der Waals surface area contributed by atoms with Gasteiger partial charge in [0.15, 0.2) is 11.6 Å². The Bertz CT molecular complexity index is 3770. The molecule has 0 aliphatic heterocycles. The fourth-order valence-electron chi connectivity index (χ4n) is 9.44. The van der Waals surface area contributed by atoms with E-state index in [1.807, 2.05) is 36.4 Å². The Balaban J connectivity index is 1.14. The van der Waals surface area contributed by atoms with E-state index in [1.54, 1.807) is 0 Å². The van der Waals surface area contributed by atoms with Gasteiger partial charge in [0.1, 0.15) is 5.65 Å². The van der Waals surface area contributed by atoms with E-state index in [0.717, 1.165) is 71.9 Å². The third-order valence-electron chi connectivity index (χ3n) is 12.0. The lowest BCUT2D eigenvalue weighted by molar-refractivity contribution is 0.953. The molecule has 0 aliphatic rings. The third kappa shape index (κ3) is 4.68. The van der Waals surface area contributed by atoms with Gasteiger partial charge in [-0.2, -0.15) is 9.97 Å². The van der Waals surface area contributed by atoms with E-state index in [9.17, 15) is 0 Å². The molecule has 0 unspecified atom stereocenters. The Kier molecular flexibility index (Phi) is 6.88. The molecule has 0 bridgehead atoms. The SMILES string of the molecule is c1ccc(-c2nc(-c3ccccc3)nc(-n3c4ccccc4c4ccc5c6ccccc6n(-c6cccc(-n7c8ccccc8n8c9ccccc9cc78)c6)c5c43)n2)cc1. The fourth-order valence-corrected chi connectivity index (χ4v) is 9.44.